The summed E-state index contributed by atoms with van der Waals surface area (Å²) in [7, 11) is 0. The third-order valence-electron chi connectivity index (χ3n) is 4.34. The standard InChI is InChI=1S/C19H22N4O4/c1-13(24)22-16-4-7-23(11-16)10-15-8-14(17-9-20-5-6-21-17)2-3-18(15)27-12-19(25)26/h2-3,5-6,8-9,16H,4,7,10-12H2,1H3,(H,22,24)(H,25,26). The smallest absolute Gasteiger partial charge is 0.341 e. The number of carboxylic acids is 1. The van der Waals surface area contributed by atoms with E-state index in [1.807, 2.05) is 12.1 Å². The molecule has 3 rings (SSSR count). The molecule has 1 unspecified atom stereocenters. The van der Waals surface area contributed by atoms with Gasteiger partial charge in [0.15, 0.2) is 6.61 Å². The van der Waals surface area contributed by atoms with Crippen molar-refractivity contribution in [3.8, 4) is 17.0 Å². The minimum Gasteiger partial charge on any atom is -0.482 e. The summed E-state index contributed by atoms with van der Waals surface area (Å²) in [5.41, 5.74) is 2.50. The molecule has 1 fully saturated rings. The van der Waals surface area contributed by atoms with Gasteiger partial charge in [0.05, 0.1) is 11.9 Å². The van der Waals surface area contributed by atoms with Crippen molar-refractivity contribution in [2.75, 3.05) is 19.7 Å². The lowest BCUT2D eigenvalue weighted by atomic mass is 10.1. The van der Waals surface area contributed by atoms with Gasteiger partial charge in [-0.3, -0.25) is 19.7 Å². The first-order chi connectivity index (χ1) is 13.0. The van der Waals surface area contributed by atoms with Crippen LogP contribution in [0.2, 0.25) is 0 Å². The summed E-state index contributed by atoms with van der Waals surface area (Å²) in [4.78, 5) is 32.7. The van der Waals surface area contributed by atoms with E-state index in [2.05, 4.69) is 20.2 Å². The van der Waals surface area contributed by atoms with Crippen LogP contribution < -0.4 is 10.1 Å². The van der Waals surface area contributed by atoms with Gasteiger partial charge >= 0.3 is 5.97 Å². The Labute approximate surface area is 157 Å². The fraction of sp³-hybridized carbons (Fsp3) is 0.368. The van der Waals surface area contributed by atoms with E-state index in [1.54, 1.807) is 24.7 Å². The molecule has 1 atom stereocenters. The Morgan fingerprint density at radius 3 is 2.93 bits per heavy atom. The molecule has 2 heterocycles. The topological polar surface area (TPSA) is 105 Å². The predicted octanol–water partition coefficient (Wildman–Crippen LogP) is 1.32. The highest BCUT2D eigenvalue weighted by molar-refractivity contribution is 5.73. The van der Waals surface area contributed by atoms with Crippen LogP contribution in [-0.4, -0.2) is 57.6 Å². The van der Waals surface area contributed by atoms with Gasteiger partial charge in [-0.15, -0.1) is 0 Å². The maximum absolute atomic E-state index is 11.3. The monoisotopic (exact) mass is 370 g/mol. The van der Waals surface area contributed by atoms with Crippen molar-refractivity contribution in [3.05, 3.63) is 42.4 Å². The van der Waals surface area contributed by atoms with Gasteiger partial charge in [-0.05, 0) is 24.6 Å². The molecular weight excluding hydrogens is 348 g/mol. The molecule has 0 spiro atoms. The molecule has 0 aliphatic carbocycles. The van der Waals surface area contributed by atoms with Crippen molar-refractivity contribution in [1.29, 1.82) is 0 Å². The average molecular weight is 370 g/mol. The van der Waals surface area contributed by atoms with E-state index >= 15 is 0 Å². The first kappa shape index (κ1) is 18.8. The molecule has 0 saturated carbocycles. The van der Waals surface area contributed by atoms with E-state index in [-0.39, 0.29) is 11.9 Å². The molecule has 1 amide bonds. The summed E-state index contributed by atoms with van der Waals surface area (Å²) in [5, 5.41) is 11.8. The van der Waals surface area contributed by atoms with Crippen molar-refractivity contribution in [2.24, 2.45) is 0 Å². The van der Waals surface area contributed by atoms with E-state index in [0.717, 1.165) is 36.3 Å². The largest absolute Gasteiger partial charge is 0.482 e. The molecule has 27 heavy (non-hydrogen) atoms. The fourth-order valence-corrected chi connectivity index (χ4v) is 3.21. The van der Waals surface area contributed by atoms with E-state index in [0.29, 0.717) is 12.3 Å². The molecule has 1 aromatic carbocycles. The molecule has 1 saturated heterocycles. The molecule has 8 heteroatoms. The van der Waals surface area contributed by atoms with Gasteiger partial charge < -0.3 is 15.2 Å². The number of carboxylic acid groups (broad SMARTS) is 1. The van der Waals surface area contributed by atoms with Crippen molar-refractivity contribution in [2.45, 2.75) is 25.9 Å². The number of hydrogen-bond acceptors (Lipinski definition) is 6. The lowest BCUT2D eigenvalue weighted by Crippen LogP contribution is -2.35. The van der Waals surface area contributed by atoms with Crippen molar-refractivity contribution >= 4 is 11.9 Å². The highest BCUT2D eigenvalue weighted by atomic mass is 16.5. The molecule has 1 aliphatic heterocycles. The molecule has 2 N–H and O–H groups in total. The number of nitrogens with zero attached hydrogens (tertiary/aromatic N) is 3. The maximum atomic E-state index is 11.3. The van der Waals surface area contributed by atoms with Gasteiger partial charge in [0.2, 0.25) is 5.91 Å². The Kier molecular flexibility index (Phi) is 5.97. The minimum atomic E-state index is -1.02. The Morgan fingerprint density at radius 1 is 1.37 bits per heavy atom. The number of ether oxygens (including phenoxy) is 1. The lowest BCUT2D eigenvalue weighted by molar-refractivity contribution is -0.139. The van der Waals surface area contributed by atoms with Crippen LogP contribution >= 0.6 is 0 Å². The number of likely N-dealkylation sites (tertiary alicyclic amines) is 1. The Balaban J connectivity index is 1.79. The van der Waals surface area contributed by atoms with E-state index in [1.165, 1.54) is 6.92 Å². The van der Waals surface area contributed by atoms with Crippen LogP contribution in [0.3, 0.4) is 0 Å². The average Bonchev–Trinajstić information content (AvgIpc) is 3.07. The lowest BCUT2D eigenvalue weighted by Gasteiger charge is -2.19. The molecule has 142 valence electrons. The van der Waals surface area contributed by atoms with Gasteiger partial charge in [0, 0.05) is 56.1 Å². The second-order valence-corrected chi connectivity index (χ2v) is 6.52. The molecule has 2 aromatic rings. The zero-order valence-electron chi connectivity index (χ0n) is 15.1. The summed E-state index contributed by atoms with van der Waals surface area (Å²) in [6, 6.07) is 5.69. The van der Waals surface area contributed by atoms with Crippen LogP contribution in [0.5, 0.6) is 5.75 Å². The fourth-order valence-electron chi connectivity index (χ4n) is 3.21. The van der Waals surface area contributed by atoms with Gasteiger partial charge in [-0.25, -0.2) is 4.79 Å². The molecular formula is C19H22N4O4. The van der Waals surface area contributed by atoms with Gasteiger partial charge in [-0.1, -0.05) is 0 Å². The van der Waals surface area contributed by atoms with Crippen LogP contribution in [-0.2, 0) is 16.1 Å². The third-order valence-corrected chi connectivity index (χ3v) is 4.34. The zero-order valence-corrected chi connectivity index (χ0v) is 15.1. The summed E-state index contributed by atoms with van der Waals surface area (Å²) in [6.45, 7) is 3.31. The summed E-state index contributed by atoms with van der Waals surface area (Å²) < 4.78 is 5.46. The highest BCUT2D eigenvalue weighted by Crippen LogP contribution is 2.27. The predicted molar refractivity (Wildman–Crippen MR) is 98.1 cm³/mol. The normalized spacial score (nSPS) is 16.9. The molecule has 8 nitrogen and oxygen atoms in total. The Morgan fingerprint density at radius 2 is 2.22 bits per heavy atom. The minimum absolute atomic E-state index is 0.0306. The number of rotatable bonds is 7. The SMILES string of the molecule is CC(=O)NC1CCN(Cc2cc(-c3cnccn3)ccc2OCC(=O)O)C1. The molecule has 1 aliphatic rings. The third kappa shape index (κ3) is 5.24. The Hall–Kier alpha value is -3.00. The summed E-state index contributed by atoms with van der Waals surface area (Å²) in [5.74, 6) is -0.518. The summed E-state index contributed by atoms with van der Waals surface area (Å²) in [6.07, 6.45) is 5.80. The molecule has 0 radical (unpaired) electrons. The van der Waals surface area contributed by atoms with Crippen molar-refractivity contribution in [1.82, 2.24) is 20.2 Å². The van der Waals surface area contributed by atoms with Gasteiger partial charge in [0.1, 0.15) is 5.75 Å². The number of carbonyl (C=O) groups is 2. The number of nitrogens with one attached hydrogen (secondary N) is 1. The quantitative estimate of drug-likeness (QED) is 0.757. The number of amides is 1. The van der Waals surface area contributed by atoms with Crippen LogP contribution in [0.15, 0.2) is 36.8 Å². The molecule has 1 aromatic heterocycles. The van der Waals surface area contributed by atoms with Crippen molar-refractivity contribution < 1.29 is 19.4 Å². The highest BCUT2D eigenvalue weighted by Gasteiger charge is 2.24. The first-order valence-electron chi connectivity index (χ1n) is 8.74. The van der Waals surface area contributed by atoms with Crippen LogP contribution in [0.1, 0.15) is 18.9 Å². The number of aromatic nitrogens is 2. The second-order valence-electron chi connectivity index (χ2n) is 6.52. The Bertz CT molecular complexity index is 813. The van der Waals surface area contributed by atoms with E-state index in [9.17, 15) is 9.59 Å². The molecule has 0 bridgehead atoms. The van der Waals surface area contributed by atoms with Crippen LogP contribution in [0.25, 0.3) is 11.3 Å². The summed E-state index contributed by atoms with van der Waals surface area (Å²) >= 11 is 0. The van der Waals surface area contributed by atoms with Gasteiger partial charge in [0.25, 0.3) is 0 Å². The van der Waals surface area contributed by atoms with Crippen molar-refractivity contribution in [3.63, 3.8) is 0 Å². The van der Waals surface area contributed by atoms with Crippen LogP contribution in [0.4, 0.5) is 0 Å². The number of benzene rings is 1. The first-order valence-corrected chi connectivity index (χ1v) is 8.74. The van der Waals surface area contributed by atoms with E-state index < -0.39 is 12.6 Å². The van der Waals surface area contributed by atoms with Gasteiger partial charge in [-0.2, -0.15) is 0 Å². The second kappa shape index (κ2) is 8.59. The van der Waals surface area contributed by atoms with E-state index in [4.69, 9.17) is 9.84 Å². The number of hydrogen-bond donors (Lipinski definition) is 2. The zero-order chi connectivity index (χ0) is 19.2. The number of carbonyl (C=O) groups excluding carboxylic acids is 1. The number of aliphatic carboxylic acids is 1. The van der Waals surface area contributed by atoms with Crippen LogP contribution in [0, 0.1) is 0 Å². The maximum Gasteiger partial charge on any atom is 0.341 e.